The Morgan fingerprint density at radius 3 is 2.22 bits per heavy atom. The maximum Gasteiger partial charge on any atom is 0.260 e. The molecule has 0 bridgehead atoms. The highest BCUT2D eigenvalue weighted by molar-refractivity contribution is 7.89. The molecule has 0 unspecified atom stereocenters. The number of hydrogen-bond donors (Lipinski definition) is 1. The molecule has 5 aromatic rings. The van der Waals surface area contributed by atoms with Crippen molar-refractivity contribution < 1.29 is 17.9 Å². The van der Waals surface area contributed by atoms with Crippen LogP contribution in [-0.2, 0) is 14.8 Å². The average molecular weight is 637 g/mol. The Morgan fingerprint density at radius 2 is 1.52 bits per heavy atom. The van der Waals surface area contributed by atoms with Gasteiger partial charge >= 0.3 is 0 Å². The number of sulfonamides is 1. The Balaban J connectivity index is 1.12. The summed E-state index contributed by atoms with van der Waals surface area (Å²) in [6.45, 7) is 4.66. The lowest BCUT2D eigenvalue weighted by Gasteiger charge is -2.36. The molecule has 1 saturated heterocycles. The number of ether oxygens (including phenoxy) is 1. The molecule has 1 aliphatic heterocycles. The highest BCUT2D eigenvalue weighted by Crippen LogP contribution is 2.33. The lowest BCUT2D eigenvalue weighted by Crippen LogP contribution is -2.50. The van der Waals surface area contributed by atoms with E-state index < -0.39 is 10.0 Å². The van der Waals surface area contributed by atoms with Crippen molar-refractivity contribution in [2.24, 2.45) is 0 Å². The van der Waals surface area contributed by atoms with E-state index in [1.54, 1.807) is 19.1 Å². The van der Waals surface area contributed by atoms with Crippen LogP contribution in [0.2, 0.25) is 0 Å². The zero-order valence-electron chi connectivity index (χ0n) is 26.1. The number of nitrogens with zero attached hydrogens (tertiary/aromatic N) is 5. The van der Waals surface area contributed by atoms with Gasteiger partial charge in [-0.25, -0.2) is 12.7 Å². The van der Waals surface area contributed by atoms with Crippen molar-refractivity contribution >= 4 is 43.9 Å². The molecule has 1 aliphatic rings. The molecular weight excluding hydrogens is 600 g/mol. The minimum absolute atomic E-state index is 0.0216. The highest BCUT2D eigenvalue weighted by atomic mass is 32.2. The van der Waals surface area contributed by atoms with Crippen LogP contribution in [0.25, 0.3) is 22.0 Å². The normalized spacial score (nSPS) is 13.7. The molecule has 1 aromatic heterocycles. The number of rotatable bonds is 9. The van der Waals surface area contributed by atoms with Crippen LogP contribution in [0.5, 0.6) is 5.75 Å². The molecule has 46 heavy (non-hydrogen) atoms. The van der Waals surface area contributed by atoms with Crippen molar-refractivity contribution in [1.29, 1.82) is 0 Å². The van der Waals surface area contributed by atoms with E-state index in [4.69, 9.17) is 4.74 Å². The van der Waals surface area contributed by atoms with Gasteiger partial charge in [-0.05, 0) is 55.0 Å². The highest BCUT2D eigenvalue weighted by Gasteiger charge is 2.23. The number of fused-ring (bicyclic) bond motifs is 1. The molecule has 1 fully saturated rings. The fourth-order valence-electron chi connectivity index (χ4n) is 5.49. The van der Waals surface area contributed by atoms with Crippen molar-refractivity contribution in [2.75, 3.05) is 57.1 Å². The molecule has 0 radical (unpaired) electrons. The molecular formula is C35H36N6O4S. The summed E-state index contributed by atoms with van der Waals surface area (Å²) >= 11 is 0. The van der Waals surface area contributed by atoms with Gasteiger partial charge in [0.05, 0.1) is 4.90 Å². The molecule has 11 heteroatoms. The van der Waals surface area contributed by atoms with Gasteiger partial charge in [-0.15, -0.1) is 10.2 Å². The number of piperazine rings is 1. The van der Waals surface area contributed by atoms with Crippen molar-refractivity contribution in [1.82, 2.24) is 19.4 Å². The Hall–Kier alpha value is -5.00. The van der Waals surface area contributed by atoms with Gasteiger partial charge in [-0.3, -0.25) is 4.79 Å². The summed E-state index contributed by atoms with van der Waals surface area (Å²) in [4.78, 5) is 17.2. The zero-order chi connectivity index (χ0) is 32.3. The molecule has 236 valence electrons. The number of aryl methyl sites for hydroxylation is 1. The van der Waals surface area contributed by atoms with Crippen LogP contribution < -0.4 is 15.0 Å². The second-order valence-electron chi connectivity index (χ2n) is 11.4. The van der Waals surface area contributed by atoms with E-state index in [0.717, 1.165) is 29.5 Å². The van der Waals surface area contributed by atoms with Crippen LogP contribution in [0.3, 0.4) is 0 Å². The van der Waals surface area contributed by atoms with Gasteiger partial charge < -0.3 is 19.9 Å². The SMILES string of the molecule is Cc1ccc(-c2nnc(Nc3ccc(OCC(=O)N4CCN(c5ccccc5)CC4)cc3)c3ccccc23)cc1S(=O)(=O)N(C)C. The van der Waals surface area contributed by atoms with Crippen LogP contribution in [0.4, 0.5) is 17.2 Å². The summed E-state index contributed by atoms with van der Waals surface area (Å²) < 4.78 is 32.9. The Labute approximate surface area is 269 Å². The third-order valence-corrected chi connectivity index (χ3v) is 10.1. The average Bonchev–Trinajstić information content (AvgIpc) is 3.08. The fraction of sp³-hybridized carbons (Fsp3) is 0.229. The standard InChI is InChI=1S/C35H36N6O4S/c1-25-13-14-26(23-32(25)46(43,44)39(2)3)34-30-11-7-8-12-31(30)35(38-37-34)36-27-15-17-29(18-16-27)45-24-33(42)41-21-19-40(20-22-41)28-9-5-4-6-10-28/h4-18,23H,19-22,24H2,1-3H3,(H,36,38). The predicted molar refractivity (Wildman–Crippen MR) is 181 cm³/mol. The molecule has 4 aromatic carbocycles. The zero-order valence-corrected chi connectivity index (χ0v) is 26.9. The quantitative estimate of drug-likeness (QED) is 0.232. The molecule has 2 heterocycles. The van der Waals surface area contributed by atoms with E-state index in [-0.39, 0.29) is 17.4 Å². The van der Waals surface area contributed by atoms with E-state index in [9.17, 15) is 13.2 Å². The van der Waals surface area contributed by atoms with Crippen LogP contribution in [0, 0.1) is 6.92 Å². The van der Waals surface area contributed by atoms with Crippen LogP contribution in [0.15, 0.2) is 102 Å². The third-order valence-electron chi connectivity index (χ3n) is 8.14. The van der Waals surface area contributed by atoms with E-state index in [1.165, 1.54) is 24.1 Å². The predicted octanol–water partition coefficient (Wildman–Crippen LogP) is 5.33. The lowest BCUT2D eigenvalue weighted by atomic mass is 10.0. The molecule has 1 amide bonds. The lowest BCUT2D eigenvalue weighted by molar-refractivity contribution is -0.133. The van der Waals surface area contributed by atoms with Gasteiger partial charge in [0.1, 0.15) is 11.4 Å². The number of benzene rings is 4. The maximum atomic E-state index is 12.9. The molecule has 10 nitrogen and oxygen atoms in total. The first-order valence-electron chi connectivity index (χ1n) is 15.1. The van der Waals surface area contributed by atoms with Gasteiger partial charge in [0.2, 0.25) is 10.0 Å². The largest absolute Gasteiger partial charge is 0.484 e. The number of carbonyl (C=O) groups is 1. The summed E-state index contributed by atoms with van der Waals surface area (Å²) in [6.07, 6.45) is 0. The number of nitrogens with one attached hydrogen (secondary N) is 1. The number of hydrogen-bond acceptors (Lipinski definition) is 8. The van der Waals surface area contributed by atoms with Crippen LogP contribution in [-0.4, -0.2) is 80.6 Å². The maximum absolute atomic E-state index is 12.9. The van der Waals surface area contributed by atoms with Crippen LogP contribution >= 0.6 is 0 Å². The third kappa shape index (κ3) is 6.51. The number of carbonyl (C=O) groups excluding carboxylic acids is 1. The first-order chi connectivity index (χ1) is 22.2. The molecule has 0 aliphatic carbocycles. The van der Waals surface area contributed by atoms with Crippen molar-refractivity contribution in [2.45, 2.75) is 11.8 Å². The minimum atomic E-state index is -3.63. The second-order valence-corrected chi connectivity index (χ2v) is 13.5. The summed E-state index contributed by atoms with van der Waals surface area (Å²) in [5.74, 6) is 1.12. The molecule has 6 rings (SSSR count). The number of amides is 1. The Morgan fingerprint density at radius 1 is 0.848 bits per heavy atom. The first kappa shape index (κ1) is 31.0. The van der Waals surface area contributed by atoms with E-state index in [2.05, 4.69) is 32.5 Å². The number of aromatic nitrogens is 2. The van der Waals surface area contributed by atoms with Crippen molar-refractivity contribution in [3.05, 3.63) is 103 Å². The number of para-hydroxylation sites is 1. The summed E-state index contributed by atoms with van der Waals surface area (Å²) in [5.41, 5.74) is 3.86. The minimum Gasteiger partial charge on any atom is -0.484 e. The molecule has 1 N–H and O–H groups in total. The Bertz CT molecular complexity index is 1960. The van der Waals surface area contributed by atoms with E-state index >= 15 is 0 Å². The topological polar surface area (TPSA) is 108 Å². The first-order valence-corrected chi connectivity index (χ1v) is 16.5. The summed E-state index contributed by atoms with van der Waals surface area (Å²) in [6, 6.07) is 30.6. The van der Waals surface area contributed by atoms with Crippen LogP contribution in [0.1, 0.15) is 5.56 Å². The van der Waals surface area contributed by atoms with Gasteiger partial charge in [0, 0.05) is 68.0 Å². The molecule has 0 atom stereocenters. The molecule has 0 saturated carbocycles. The smallest absolute Gasteiger partial charge is 0.260 e. The molecule has 0 spiro atoms. The van der Waals surface area contributed by atoms with Gasteiger partial charge in [-0.1, -0.05) is 54.6 Å². The van der Waals surface area contributed by atoms with E-state index in [1.807, 2.05) is 77.7 Å². The second kappa shape index (κ2) is 13.2. The Kier molecular flexibility index (Phi) is 8.87. The monoisotopic (exact) mass is 636 g/mol. The van der Waals surface area contributed by atoms with Gasteiger partial charge in [0.25, 0.3) is 5.91 Å². The number of anilines is 3. The van der Waals surface area contributed by atoms with Gasteiger partial charge in [0.15, 0.2) is 12.4 Å². The summed E-state index contributed by atoms with van der Waals surface area (Å²) in [5, 5.41) is 14.0. The van der Waals surface area contributed by atoms with Crippen molar-refractivity contribution in [3.63, 3.8) is 0 Å². The summed E-state index contributed by atoms with van der Waals surface area (Å²) in [7, 11) is -0.594. The van der Waals surface area contributed by atoms with Crippen molar-refractivity contribution in [3.8, 4) is 17.0 Å². The fourth-order valence-corrected chi connectivity index (χ4v) is 6.64. The van der Waals surface area contributed by atoms with Gasteiger partial charge in [-0.2, -0.15) is 0 Å². The van der Waals surface area contributed by atoms with E-state index in [0.29, 0.717) is 41.5 Å².